The van der Waals surface area contributed by atoms with E-state index in [0.29, 0.717) is 38.6 Å². The molecule has 2 atom stereocenters. The van der Waals surface area contributed by atoms with Crippen molar-refractivity contribution in [1.82, 2.24) is 14.8 Å². The first-order valence-electron chi connectivity index (χ1n) is 9.91. The number of hydrogen-bond acceptors (Lipinski definition) is 5. The van der Waals surface area contributed by atoms with Gasteiger partial charge in [-0.15, -0.1) is 0 Å². The number of aryl methyl sites for hydroxylation is 1. The Balaban J connectivity index is 1.51. The van der Waals surface area contributed by atoms with Gasteiger partial charge in [0.15, 0.2) is 0 Å². The molecule has 2 aliphatic rings. The molecule has 0 saturated carbocycles. The van der Waals surface area contributed by atoms with E-state index in [9.17, 15) is 9.59 Å². The van der Waals surface area contributed by atoms with Crippen LogP contribution in [-0.4, -0.2) is 72.0 Å². The number of pyridine rings is 1. The third-order valence-electron chi connectivity index (χ3n) is 5.32. The number of carbonyl (C=O) groups is 2. The summed E-state index contributed by atoms with van der Waals surface area (Å²) in [5.41, 5.74) is 0.875. The summed E-state index contributed by atoms with van der Waals surface area (Å²) in [5, 5.41) is 2.91. The molecule has 2 unspecified atom stereocenters. The monoisotopic (exact) mass is 374 g/mol. The summed E-state index contributed by atoms with van der Waals surface area (Å²) in [4.78, 5) is 33.6. The summed E-state index contributed by atoms with van der Waals surface area (Å²) < 4.78 is 5.64. The van der Waals surface area contributed by atoms with E-state index in [1.54, 1.807) is 6.07 Å². The predicted octanol–water partition coefficient (Wildman–Crippen LogP) is 1.68. The van der Waals surface area contributed by atoms with Crippen molar-refractivity contribution in [1.29, 1.82) is 0 Å². The smallest absolute Gasteiger partial charge is 0.236 e. The Morgan fingerprint density at radius 2 is 2.15 bits per heavy atom. The number of rotatable bonds is 5. The van der Waals surface area contributed by atoms with Gasteiger partial charge in [-0.1, -0.05) is 13.0 Å². The molecule has 2 saturated heterocycles. The fourth-order valence-electron chi connectivity index (χ4n) is 3.74. The zero-order valence-corrected chi connectivity index (χ0v) is 16.3. The quantitative estimate of drug-likeness (QED) is 0.849. The molecule has 7 nitrogen and oxygen atoms in total. The zero-order chi connectivity index (χ0) is 19.2. The van der Waals surface area contributed by atoms with Crippen molar-refractivity contribution in [2.75, 3.05) is 44.6 Å². The fraction of sp³-hybridized carbons (Fsp3) is 0.650. The zero-order valence-electron chi connectivity index (χ0n) is 16.3. The van der Waals surface area contributed by atoms with Crippen LogP contribution in [0.15, 0.2) is 18.2 Å². The maximum atomic E-state index is 12.7. The number of morpholine rings is 1. The van der Waals surface area contributed by atoms with E-state index >= 15 is 0 Å². The van der Waals surface area contributed by atoms with Crippen LogP contribution in [0.5, 0.6) is 0 Å². The summed E-state index contributed by atoms with van der Waals surface area (Å²) in [6.45, 7) is 7.78. The number of likely N-dealkylation sites (tertiary alicyclic amines) is 1. The van der Waals surface area contributed by atoms with Gasteiger partial charge in [-0.3, -0.25) is 14.5 Å². The SMILES string of the molecule is CCC1CN(C(=O)CN2CCCC(C(=O)Nc3cccc(C)n3)C2)CCO1. The van der Waals surface area contributed by atoms with Crippen molar-refractivity contribution >= 4 is 17.6 Å². The topological polar surface area (TPSA) is 74.8 Å². The average Bonchev–Trinajstić information content (AvgIpc) is 2.68. The van der Waals surface area contributed by atoms with Crippen LogP contribution in [0.3, 0.4) is 0 Å². The summed E-state index contributed by atoms with van der Waals surface area (Å²) in [7, 11) is 0. The van der Waals surface area contributed by atoms with Crippen LogP contribution in [0.25, 0.3) is 0 Å². The lowest BCUT2D eigenvalue weighted by Crippen LogP contribution is -2.50. The average molecular weight is 374 g/mol. The van der Waals surface area contributed by atoms with Crippen LogP contribution < -0.4 is 5.32 Å². The van der Waals surface area contributed by atoms with Crippen molar-refractivity contribution in [3.8, 4) is 0 Å². The van der Waals surface area contributed by atoms with Gasteiger partial charge in [0.1, 0.15) is 5.82 Å². The molecule has 148 valence electrons. The highest BCUT2D eigenvalue weighted by Gasteiger charge is 2.29. The van der Waals surface area contributed by atoms with Crippen LogP contribution in [0, 0.1) is 12.8 Å². The van der Waals surface area contributed by atoms with Crippen molar-refractivity contribution in [3.05, 3.63) is 23.9 Å². The summed E-state index contributed by atoms with van der Waals surface area (Å²) in [6.07, 6.45) is 2.83. The number of carbonyl (C=O) groups excluding carboxylic acids is 2. The number of aromatic nitrogens is 1. The highest BCUT2D eigenvalue weighted by molar-refractivity contribution is 5.92. The second-order valence-electron chi connectivity index (χ2n) is 7.47. The lowest BCUT2D eigenvalue weighted by Gasteiger charge is -2.36. The van der Waals surface area contributed by atoms with Crippen LogP contribution in [0.1, 0.15) is 31.9 Å². The number of ether oxygens (including phenoxy) is 1. The van der Waals surface area contributed by atoms with Gasteiger partial charge in [0, 0.05) is 25.3 Å². The number of amides is 2. The lowest BCUT2D eigenvalue weighted by atomic mass is 9.97. The van der Waals surface area contributed by atoms with Crippen molar-refractivity contribution in [2.24, 2.45) is 5.92 Å². The number of piperidine rings is 1. The molecule has 1 aromatic rings. The highest BCUT2D eigenvalue weighted by Crippen LogP contribution is 2.19. The first-order valence-corrected chi connectivity index (χ1v) is 9.91. The summed E-state index contributed by atoms with van der Waals surface area (Å²) in [6, 6.07) is 5.59. The van der Waals surface area contributed by atoms with Crippen LogP contribution in [0.2, 0.25) is 0 Å². The maximum absolute atomic E-state index is 12.7. The molecule has 0 aliphatic carbocycles. The second-order valence-corrected chi connectivity index (χ2v) is 7.47. The van der Waals surface area contributed by atoms with E-state index in [4.69, 9.17) is 4.74 Å². The van der Waals surface area contributed by atoms with Gasteiger partial charge in [-0.05, 0) is 44.9 Å². The lowest BCUT2D eigenvalue weighted by molar-refractivity contribution is -0.141. The summed E-state index contributed by atoms with van der Waals surface area (Å²) in [5.74, 6) is 0.606. The molecule has 0 bridgehead atoms. The first-order chi connectivity index (χ1) is 13.0. The Kier molecular flexibility index (Phi) is 6.79. The first kappa shape index (κ1) is 19.8. The molecule has 27 heavy (non-hydrogen) atoms. The standard InChI is InChI=1S/C20H30N4O3/c1-3-17-13-24(10-11-27-17)19(25)14-23-9-5-7-16(12-23)20(26)22-18-8-4-6-15(2)21-18/h4,6,8,16-17H,3,5,7,9-14H2,1-2H3,(H,21,22,26). The minimum absolute atomic E-state index is 0.0114. The van der Waals surface area contributed by atoms with Gasteiger partial charge in [-0.2, -0.15) is 0 Å². The van der Waals surface area contributed by atoms with Crippen molar-refractivity contribution < 1.29 is 14.3 Å². The molecule has 2 amide bonds. The highest BCUT2D eigenvalue weighted by atomic mass is 16.5. The molecule has 0 radical (unpaired) electrons. The predicted molar refractivity (Wildman–Crippen MR) is 103 cm³/mol. The Hall–Kier alpha value is -1.99. The Morgan fingerprint density at radius 1 is 1.30 bits per heavy atom. The second kappa shape index (κ2) is 9.28. The van der Waals surface area contributed by atoms with Gasteiger partial charge in [-0.25, -0.2) is 4.98 Å². The minimum Gasteiger partial charge on any atom is -0.375 e. The van der Waals surface area contributed by atoms with E-state index < -0.39 is 0 Å². The fourth-order valence-corrected chi connectivity index (χ4v) is 3.74. The number of anilines is 1. The minimum atomic E-state index is -0.109. The van der Waals surface area contributed by atoms with Gasteiger partial charge < -0.3 is 15.0 Å². The van der Waals surface area contributed by atoms with E-state index in [2.05, 4.69) is 22.1 Å². The molecule has 1 N–H and O–H groups in total. The molecule has 0 aromatic carbocycles. The third-order valence-corrected chi connectivity index (χ3v) is 5.32. The molecule has 7 heteroatoms. The molecule has 1 aromatic heterocycles. The van der Waals surface area contributed by atoms with Gasteiger partial charge in [0.2, 0.25) is 11.8 Å². The Labute approximate surface area is 161 Å². The number of nitrogens with zero attached hydrogens (tertiary/aromatic N) is 3. The van der Waals surface area contributed by atoms with Crippen molar-refractivity contribution in [3.63, 3.8) is 0 Å². The van der Waals surface area contributed by atoms with Gasteiger partial charge in [0.05, 0.1) is 25.2 Å². The third kappa shape index (κ3) is 5.49. The van der Waals surface area contributed by atoms with E-state index in [0.717, 1.165) is 31.5 Å². The van der Waals surface area contributed by atoms with Crippen LogP contribution in [-0.2, 0) is 14.3 Å². The number of hydrogen-bond donors (Lipinski definition) is 1. The molecule has 0 spiro atoms. The Morgan fingerprint density at radius 3 is 2.93 bits per heavy atom. The molecular weight excluding hydrogens is 344 g/mol. The van der Waals surface area contributed by atoms with Gasteiger partial charge >= 0.3 is 0 Å². The van der Waals surface area contributed by atoms with E-state index in [-0.39, 0.29) is 23.8 Å². The van der Waals surface area contributed by atoms with Crippen LogP contribution in [0.4, 0.5) is 5.82 Å². The van der Waals surface area contributed by atoms with Crippen LogP contribution >= 0.6 is 0 Å². The molecule has 2 fully saturated rings. The van der Waals surface area contributed by atoms with Crippen molar-refractivity contribution in [2.45, 2.75) is 39.2 Å². The van der Waals surface area contributed by atoms with E-state index in [1.807, 2.05) is 24.0 Å². The largest absolute Gasteiger partial charge is 0.375 e. The molecular formula is C20H30N4O3. The summed E-state index contributed by atoms with van der Waals surface area (Å²) >= 11 is 0. The maximum Gasteiger partial charge on any atom is 0.236 e. The molecule has 3 heterocycles. The number of nitrogens with one attached hydrogen (secondary N) is 1. The Bertz CT molecular complexity index is 666. The van der Waals surface area contributed by atoms with E-state index in [1.165, 1.54) is 0 Å². The molecule has 2 aliphatic heterocycles. The molecule has 3 rings (SSSR count). The normalized spacial score (nSPS) is 23.9. The van der Waals surface area contributed by atoms with Gasteiger partial charge in [0.25, 0.3) is 0 Å².